The van der Waals surface area contributed by atoms with Gasteiger partial charge in [-0.1, -0.05) is 42.5 Å². The van der Waals surface area contributed by atoms with Crippen molar-refractivity contribution < 1.29 is 5.11 Å². The van der Waals surface area contributed by atoms with Gasteiger partial charge in [0, 0.05) is 26.2 Å². The number of fused-ring (bicyclic) bond motifs is 1. The number of para-hydroxylation sites is 2. The fourth-order valence-corrected chi connectivity index (χ4v) is 2.87. The molecule has 2 N–H and O–H groups in total. The summed E-state index contributed by atoms with van der Waals surface area (Å²) in [4.78, 5) is 17.0. The number of nitrogens with one attached hydrogen (secondary N) is 1. The maximum Gasteiger partial charge on any atom is 0.273 e. The van der Waals surface area contributed by atoms with Crippen molar-refractivity contribution in [1.82, 2.24) is 14.9 Å². The molecule has 0 spiro atoms. The molecule has 1 atom stereocenters. The Morgan fingerprint density at radius 2 is 1.83 bits per heavy atom. The lowest BCUT2D eigenvalue weighted by molar-refractivity contribution is 0.264. The van der Waals surface area contributed by atoms with Gasteiger partial charge in [0.15, 0.2) is 0 Å². The lowest BCUT2D eigenvalue weighted by Gasteiger charge is -2.18. The van der Waals surface area contributed by atoms with Crippen molar-refractivity contribution in [3.8, 4) is 0 Å². The Labute approximate surface area is 140 Å². The maximum atomic E-state index is 12.5. The molecule has 0 amide bonds. The van der Waals surface area contributed by atoms with Crippen LogP contribution in [0.3, 0.4) is 0 Å². The summed E-state index contributed by atoms with van der Waals surface area (Å²) in [6.07, 6.45) is 0.581. The van der Waals surface area contributed by atoms with Crippen LogP contribution in [-0.2, 0) is 13.6 Å². The molecule has 5 heteroatoms. The second kappa shape index (κ2) is 7.38. The van der Waals surface area contributed by atoms with Crippen molar-refractivity contribution >= 4 is 11.0 Å². The van der Waals surface area contributed by atoms with Gasteiger partial charge in [-0.15, -0.1) is 0 Å². The maximum absolute atomic E-state index is 12.5. The van der Waals surface area contributed by atoms with Gasteiger partial charge in [0.05, 0.1) is 11.0 Å². The lowest BCUT2D eigenvalue weighted by atomic mass is 10.0. The van der Waals surface area contributed by atoms with Crippen molar-refractivity contribution in [3.05, 3.63) is 76.2 Å². The van der Waals surface area contributed by atoms with Crippen LogP contribution in [-0.4, -0.2) is 21.3 Å². The summed E-state index contributed by atoms with van der Waals surface area (Å²) in [6.45, 7) is 0.437. The predicted octanol–water partition coefficient (Wildman–Crippen LogP) is 2.15. The number of aryl methyl sites for hydroxylation is 1. The average Bonchev–Trinajstić information content (AvgIpc) is 2.63. The van der Waals surface area contributed by atoms with Crippen molar-refractivity contribution in [2.45, 2.75) is 19.0 Å². The molecule has 1 heterocycles. The van der Waals surface area contributed by atoms with Crippen LogP contribution in [0.1, 0.15) is 23.7 Å². The Kier molecular flexibility index (Phi) is 5.03. The zero-order valence-electron chi connectivity index (χ0n) is 13.6. The first kappa shape index (κ1) is 16.4. The third-order valence-corrected chi connectivity index (χ3v) is 4.19. The largest absolute Gasteiger partial charge is 0.396 e. The van der Waals surface area contributed by atoms with E-state index in [1.54, 1.807) is 11.6 Å². The van der Waals surface area contributed by atoms with Gasteiger partial charge in [0.25, 0.3) is 5.56 Å². The summed E-state index contributed by atoms with van der Waals surface area (Å²) < 4.78 is 1.63. The molecule has 0 aliphatic rings. The summed E-state index contributed by atoms with van der Waals surface area (Å²) in [7, 11) is 1.76. The second-order valence-corrected chi connectivity index (χ2v) is 5.77. The number of aliphatic hydroxyl groups is 1. The van der Waals surface area contributed by atoms with E-state index in [0.29, 0.717) is 18.7 Å². The molecule has 1 unspecified atom stereocenters. The second-order valence-electron chi connectivity index (χ2n) is 5.77. The molecule has 0 radical (unpaired) electrons. The normalized spacial score (nSPS) is 12.4. The van der Waals surface area contributed by atoms with E-state index in [1.807, 2.05) is 54.6 Å². The van der Waals surface area contributed by atoms with Gasteiger partial charge in [-0.3, -0.25) is 4.79 Å². The number of benzene rings is 2. The molecule has 0 bridgehead atoms. The van der Waals surface area contributed by atoms with E-state index in [-0.39, 0.29) is 18.2 Å². The summed E-state index contributed by atoms with van der Waals surface area (Å²) in [5.74, 6) is 0. The Hall–Kier alpha value is -2.50. The van der Waals surface area contributed by atoms with Crippen molar-refractivity contribution in [1.29, 1.82) is 0 Å². The Morgan fingerprint density at radius 3 is 2.58 bits per heavy atom. The number of nitrogens with zero attached hydrogens (tertiary/aromatic N) is 2. The molecule has 24 heavy (non-hydrogen) atoms. The van der Waals surface area contributed by atoms with Gasteiger partial charge in [0.1, 0.15) is 5.69 Å². The molecule has 3 rings (SSSR count). The van der Waals surface area contributed by atoms with Gasteiger partial charge < -0.3 is 15.0 Å². The molecular formula is C19H21N3O2. The summed E-state index contributed by atoms with van der Waals surface area (Å²) in [5, 5.41) is 12.7. The van der Waals surface area contributed by atoms with Gasteiger partial charge in [0.2, 0.25) is 0 Å². The minimum Gasteiger partial charge on any atom is -0.396 e. The lowest BCUT2D eigenvalue weighted by Crippen LogP contribution is -2.30. The molecule has 1 aromatic heterocycles. The number of hydrogen-bond acceptors (Lipinski definition) is 4. The Balaban J connectivity index is 1.86. The van der Waals surface area contributed by atoms with Crippen molar-refractivity contribution in [2.75, 3.05) is 6.61 Å². The van der Waals surface area contributed by atoms with E-state index >= 15 is 0 Å². The minimum atomic E-state index is -0.1000. The molecule has 0 saturated carbocycles. The molecule has 0 aliphatic carbocycles. The molecule has 0 aliphatic heterocycles. The average molecular weight is 323 g/mol. The minimum absolute atomic E-state index is 0.0193. The first-order chi connectivity index (χ1) is 11.7. The number of aromatic nitrogens is 2. The fourth-order valence-electron chi connectivity index (χ4n) is 2.87. The molecule has 2 aromatic carbocycles. The highest BCUT2D eigenvalue weighted by molar-refractivity contribution is 5.74. The standard InChI is InChI=1S/C19H21N3O2/c1-22-18-10-6-5-9-16(18)21-17(19(22)24)13-20-15(11-12-23)14-7-3-2-4-8-14/h2-10,15,20,23H,11-13H2,1H3. The molecule has 0 fully saturated rings. The van der Waals surface area contributed by atoms with E-state index in [0.717, 1.165) is 16.6 Å². The van der Waals surface area contributed by atoms with Gasteiger partial charge in [-0.05, 0) is 24.1 Å². The Morgan fingerprint density at radius 1 is 1.12 bits per heavy atom. The van der Waals surface area contributed by atoms with Gasteiger partial charge in [-0.25, -0.2) is 4.98 Å². The highest BCUT2D eigenvalue weighted by Crippen LogP contribution is 2.16. The first-order valence-corrected chi connectivity index (χ1v) is 8.04. The zero-order chi connectivity index (χ0) is 16.9. The van der Waals surface area contributed by atoms with E-state index in [4.69, 9.17) is 0 Å². The smallest absolute Gasteiger partial charge is 0.273 e. The van der Waals surface area contributed by atoms with Crippen LogP contribution in [0, 0.1) is 0 Å². The Bertz CT molecular complexity index is 875. The van der Waals surface area contributed by atoms with Gasteiger partial charge >= 0.3 is 0 Å². The number of aliphatic hydroxyl groups excluding tert-OH is 1. The molecule has 124 valence electrons. The third kappa shape index (κ3) is 3.37. The number of rotatable bonds is 6. The highest BCUT2D eigenvalue weighted by Gasteiger charge is 2.13. The van der Waals surface area contributed by atoms with Crippen molar-refractivity contribution in [3.63, 3.8) is 0 Å². The topological polar surface area (TPSA) is 67.2 Å². The molecule has 3 aromatic rings. The molecular weight excluding hydrogens is 302 g/mol. The summed E-state index contributed by atoms with van der Waals surface area (Å²) in [5.41, 5.74) is 3.09. The monoisotopic (exact) mass is 323 g/mol. The van der Waals surface area contributed by atoms with Crippen LogP contribution >= 0.6 is 0 Å². The summed E-state index contributed by atoms with van der Waals surface area (Å²) >= 11 is 0. The van der Waals surface area contributed by atoms with Crippen LogP contribution in [0.4, 0.5) is 0 Å². The highest BCUT2D eigenvalue weighted by atomic mass is 16.3. The van der Waals surface area contributed by atoms with Crippen LogP contribution in [0.15, 0.2) is 59.4 Å². The first-order valence-electron chi connectivity index (χ1n) is 8.04. The van der Waals surface area contributed by atoms with E-state index in [2.05, 4.69) is 10.3 Å². The number of hydrogen-bond donors (Lipinski definition) is 2. The zero-order valence-corrected chi connectivity index (χ0v) is 13.6. The predicted molar refractivity (Wildman–Crippen MR) is 94.7 cm³/mol. The molecule has 5 nitrogen and oxygen atoms in total. The molecule has 0 saturated heterocycles. The summed E-state index contributed by atoms with van der Waals surface area (Å²) in [6, 6.07) is 17.5. The van der Waals surface area contributed by atoms with Crippen molar-refractivity contribution in [2.24, 2.45) is 7.05 Å². The fraction of sp³-hybridized carbons (Fsp3) is 0.263. The van der Waals surface area contributed by atoms with Crippen LogP contribution in [0.5, 0.6) is 0 Å². The van der Waals surface area contributed by atoms with E-state index in [9.17, 15) is 9.90 Å². The van der Waals surface area contributed by atoms with Crippen LogP contribution < -0.4 is 10.9 Å². The SMILES string of the molecule is Cn1c(=O)c(CNC(CCO)c2ccccc2)nc2ccccc21. The van der Waals surface area contributed by atoms with Gasteiger partial charge in [-0.2, -0.15) is 0 Å². The van der Waals surface area contributed by atoms with Crippen LogP contribution in [0.25, 0.3) is 11.0 Å². The van der Waals surface area contributed by atoms with E-state index in [1.165, 1.54) is 0 Å². The van der Waals surface area contributed by atoms with E-state index < -0.39 is 0 Å². The third-order valence-electron chi connectivity index (χ3n) is 4.19. The van der Waals surface area contributed by atoms with Crippen LogP contribution in [0.2, 0.25) is 0 Å². The quantitative estimate of drug-likeness (QED) is 0.729.